The van der Waals surface area contributed by atoms with Gasteiger partial charge < -0.3 is 33.5 Å². The van der Waals surface area contributed by atoms with Gasteiger partial charge in [-0.15, -0.1) is 0 Å². The van der Waals surface area contributed by atoms with Gasteiger partial charge in [0.1, 0.15) is 24.4 Å². The summed E-state index contributed by atoms with van der Waals surface area (Å²) in [6.45, 7) is 1.16. The van der Waals surface area contributed by atoms with Crippen LogP contribution in [0.5, 0.6) is 0 Å². The molecule has 40 heavy (non-hydrogen) atoms. The summed E-state index contributed by atoms with van der Waals surface area (Å²) >= 11 is 0. The van der Waals surface area contributed by atoms with Crippen LogP contribution in [0.15, 0.2) is 103 Å². The number of esters is 1. The zero-order valence-electron chi connectivity index (χ0n) is 22.5. The van der Waals surface area contributed by atoms with Gasteiger partial charge in [-0.1, -0.05) is 97.1 Å². The molecule has 0 amide bonds. The molecule has 8 heteroatoms. The Labute approximate surface area is 235 Å². The van der Waals surface area contributed by atoms with Gasteiger partial charge in [0.05, 0.1) is 40.1 Å². The van der Waals surface area contributed by atoms with Crippen molar-refractivity contribution in [1.29, 1.82) is 0 Å². The Morgan fingerprint density at radius 1 is 0.775 bits per heavy atom. The van der Waals surface area contributed by atoms with E-state index >= 15 is 0 Å². The first-order valence-electron chi connectivity index (χ1n) is 13.3. The Morgan fingerprint density at radius 3 is 1.85 bits per heavy atom. The van der Waals surface area contributed by atoms with Crippen molar-refractivity contribution in [2.75, 3.05) is 20.3 Å². The lowest BCUT2D eigenvalue weighted by Crippen LogP contribution is -2.61. The van der Waals surface area contributed by atoms with E-state index in [2.05, 4.69) is 4.74 Å². The van der Waals surface area contributed by atoms with Crippen molar-refractivity contribution in [3.05, 3.63) is 120 Å². The Morgan fingerprint density at radius 2 is 1.30 bits per heavy atom. The fourth-order valence-corrected chi connectivity index (χ4v) is 4.32. The van der Waals surface area contributed by atoms with Gasteiger partial charge in [-0.3, -0.25) is 0 Å². The number of methoxy groups -OCH3 is 1. The summed E-state index contributed by atoms with van der Waals surface area (Å²) in [6.07, 6.45) is -1.49. The molecule has 0 saturated carbocycles. The van der Waals surface area contributed by atoms with Gasteiger partial charge >= 0.3 is 5.97 Å². The van der Waals surface area contributed by atoms with E-state index in [1.807, 2.05) is 91.0 Å². The van der Waals surface area contributed by atoms with Gasteiger partial charge in [-0.25, -0.2) is 4.79 Å². The molecular weight excluding hydrogens is 512 g/mol. The predicted octanol–water partition coefficient (Wildman–Crippen LogP) is 4.21. The van der Waals surface area contributed by atoms with E-state index in [0.29, 0.717) is 13.2 Å². The van der Waals surface area contributed by atoms with E-state index in [9.17, 15) is 9.90 Å². The van der Waals surface area contributed by atoms with Crippen molar-refractivity contribution < 1.29 is 38.3 Å². The van der Waals surface area contributed by atoms with Crippen molar-refractivity contribution in [1.82, 2.24) is 0 Å². The minimum atomic E-state index is -1.17. The molecule has 1 aliphatic heterocycles. The van der Waals surface area contributed by atoms with Crippen LogP contribution in [0, 0.1) is 0 Å². The first-order valence-corrected chi connectivity index (χ1v) is 13.3. The highest BCUT2D eigenvalue weighted by Gasteiger charge is 2.47. The Bertz CT molecular complexity index is 1160. The number of hydrogen-bond donors (Lipinski definition) is 1. The molecule has 8 nitrogen and oxygen atoms in total. The van der Waals surface area contributed by atoms with Crippen LogP contribution < -0.4 is 0 Å². The largest absolute Gasteiger partial charge is 0.466 e. The first-order chi connectivity index (χ1) is 19.6. The number of aliphatic hydroxyl groups excluding tert-OH is 1. The van der Waals surface area contributed by atoms with E-state index in [4.69, 9.17) is 23.7 Å². The molecule has 0 aliphatic carbocycles. The molecule has 1 heterocycles. The maximum Gasteiger partial charge on any atom is 0.330 e. The highest BCUT2D eigenvalue weighted by Crippen LogP contribution is 2.29. The Kier molecular flexibility index (Phi) is 11.9. The van der Waals surface area contributed by atoms with E-state index < -0.39 is 36.7 Å². The molecule has 5 atom stereocenters. The van der Waals surface area contributed by atoms with Crippen LogP contribution in [0.25, 0.3) is 0 Å². The van der Waals surface area contributed by atoms with Crippen LogP contribution in [0.2, 0.25) is 0 Å². The molecule has 5 unspecified atom stereocenters. The third kappa shape index (κ3) is 9.09. The molecule has 1 aliphatic rings. The van der Waals surface area contributed by atoms with Gasteiger partial charge in [0.2, 0.25) is 0 Å². The summed E-state index contributed by atoms with van der Waals surface area (Å²) in [6, 6.07) is 29.3. The fraction of sp³-hybridized carbons (Fsp3) is 0.344. The summed E-state index contributed by atoms with van der Waals surface area (Å²) in [7, 11) is 1.30. The maximum atomic E-state index is 11.4. The highest BCUT2D eigenvalue weighted by atomic mass is 16.7. The van der Waals surface area contributed by atoms with Crippen molar-refractivity contribution in [3.8, 4) is 0 Å². The highest BCUT2D eigenvalue weighted by molar-refractivity contribution is 5.81. The van der Waals surface area contributed by atoms with Crippen molar-refractivity contribution in [3.63, 3.8) is 0 Å². The quantitative estimate of drug-likeness (QED) is 0.237. The molecule has 212 valence electrons. The lowest BCUT2D eigenvalue weighted by molar-refractivity contribution is -0.316. The minimum absolute atomic E-state index is 0.0232. The summed E-state index contributed by atoms with van der Waals surface area (Å²) in [5, 5.41) is 11.3. The lowest BCUT2D eigenvalue weighted by Gasteiger charge is -2.44. The van der Waals surface area contributed by atoms with Crippen LogP contribution in [0.4, 0.5) is 0 Å². The molecule has 1 fully saturated rings. The van der Waals surface area contributed by atoms with E-state index in [1.54, 1.807) is 0 Å². The minimum Gasteiger partial charge on any atom is -0.466 e. The second kappa shape index (κ2) is 16.0. The molecule has 0 bridgehead atoms. The fourth-order valence-electron chi connectivity index (χ4n) is 4.32. The zero-order chi connectivity index (χ0) is 28.0. The molecule has 0 aromatic heterocycles. The Balaban J connectivity index is 1.51. The predicted molar refractivity (Wildman–Crippen MR) is 148 cm³/mol. The smallest absolute Gasteiger partial charge is 0.330 e. The monoisotopic (exact) mass is 548 g/mol. The lowest BCUT2D eigenvalue weighted by atomic mass is 9.98. The average molecular weight is 549 g/mol. The summed E-state index contributed by atoms with van der Waals surface area (Å²) in [5.74, 6) is -0.501. The summed E-state index contributed by atoms with van der Waals surface area (Å²) in [4.78, 5) is 11.4. The van der Waals surface area contributed by atoms with Crippen LogP contribution in [-0.4, -0.2) is 62.1 Å². The maximum absolute atomic E-state index is 11.4. The van der Waals surface area contributed by atoms with Crippen molar-refractivity contribution in [2.45, 2.75) is 50.5 Å². The summed E-state index contributed by atoms with van der Waals surface area (Å²) < 4.78 is 35.3. The number of aliphatic hydroxyl groups is 1. The second-order valence-electron chi connectivity index (χ2n) is 9.32. The second-order valence-corrected chi connectivity index (χ2v) is 9.32. The number of carbonyl (C=O) groups excluding carboxylic acids is 1. The van der Waals surface area contributed by atoms with Crippen LogP contribution in [0.3, 0.4) is 0 Å². The number of hydrogen-bond acceptors (Lipinski definition) is 8. The molecule has 3 aromatic carbocycles. The van der Waals surface area contributed by atoms with E-state index in [1.165, 1.54) is 19.3 Å². The van der Waals surface area contributed by atoms with E-state index in [0.717, 1.165) is 16.7 Å². The molecule has 0 radical (unpaired) electrons. The number of ether oxygens (including phenoxy) is 6. The summed E-state index contributed by atoms with van der Waals surface area (Å²) in [5.41, 5.74) is 2.96. The van der Waals surface area contributed by atoms with Gasteiger partial charge in [0.15, 0.2) is 6.29 Å². The normalized spacial score (nSPS) is 22.8. The molecule has 4 rings (SSSR count). The zero-order valence-corrected chi connectivity index (χ0v) is 22.5. The SMILES string of the molecule is COC(=O)/C=C/COC1OC(COCc2ccccc2)C(OCc2ccccc2)C(OCc2ccccc2)C1O. The first kappa shape index (κ1) is 29.6. The third-order valence-corrected chi connectivity index (χ3v) is 6.39. The van der Waals surface area contributed by atoms with Gasteiger partial charge in [0, 0.05) is 6.08 Å². The van der Waals surface area contributed by atoms with E-state index in [-0.39, 0.29) is 19.8 Å². The molecule has 0 spiro atoms. The molecule has 3 aromatic rings. The topological polar surface area (TPSA) is 92.7 Å². The van der Waals surface area contributed by atoms with Crippen LogP contribution >= 0.6 is 0 Å². The number of benzene rings is 3. The third-order valence-electron chi connectivity index (χ3n) is 6.39. The van der Waals surface area contributed by atoms with Gasteiger partial charge in [-0.05, 0) is 16.7 Å². The average Bonchev–Trinajstić information content (AvgIpc) is 3.00. The standard InChI is InChI=1S/C32H36O8/c1-35-28(33)18-11-19-37-32-29(34)31(39-22-26-16-9-4-10-17-26)30(38-21-25-14-7-3-8-15-25)27(40-32)23-36-20-24-12-5-2-6-13-24/h2-18,27,29-32,34H,19-23H2,1H3/b18-11+. The van der Waals surface area contributed by atoms with Gasteiger partial charge in [-0.2, -0.15) is 0 Å². The Hall–Kier alpha value is -3.37. The van der Waals surface area contributed by atoms with Crippen LogP contribution in [0.1, 0.15) is 16.7 Å². The number of rotatable bonds is 14. The van der Waals surface area contributed by atoms with Crippen molar-refractivity contribution in [2.24, 2.45) is 0 Å². The van der Waals surface area contributed by atoms with Crippen molar-refractivity contribution >= 4 is 5.97 Å². The van der Waals surface area contributed by atoms with Gasteiger partial charge in [0.25, 0.3) is 0 Å². The molecule has 1 saturated heterocycles. The molecular formula is C32H36O8. The number of carbonyl (C=O) groups is 1. The molecule has 1 N–H and O–H groups in total. The van der Waals surface area contributed by atoms with Crippen LogP contribution in [-0.2, 0) is 53.0 Å².